The van der Waals surface area contributed by atoms with Crippen LogP contribution in [-0.2, 0) is 0 Å². The lowest BCUT2D eigenvalue weighted by Crippen LogP contribution is -2.10. The Kier molecular flexibility index (Phi) is 7.17. The van der Waals surface area contributed by atoms with E-state index in [0.29, 0.717) is 0 Å². The van der Waals surface area contributed by atoms with E-state index in [1.807, 2.05) is 12.1 Å². The third-order valence-electron chi connectivity index (χ3n) is 10.9. The van der Waals surface area contributed by atoms with Crippen molar-refractivity contribution in [3.8, 4) is 33.4 Å². The predicted octanol–water partition coefficient (Wildman–Crippen LogP) is 15.1. The number of nitrogens with zero attached hydrogens (tertiary/aromatic N) is 1. The van der Waals surface area contributed by atoms with Crippen molar-refractivity contribution in [1.82, 2.24) is 0 Å². The molecule has 0 radical (unpaired) electrons. The topological polar surface area (TPSA) is 29.5 Å². The van der Waals surface area contributed by atoms with Crippen LogP contribution in [0.3, 0.4) is 0 Å². The minimum Gasteiger partial charge on any atom is -0.455 e. The lowest BCUT2D eigenvalue weighted by Gasteiger charge is -2.27. The number of anilines is 3. The fourth-order valence-electron chi connectivity index (χ4n) is 8.30. The van der Waals surface area contributed by atoms with Gasteiger partial charge in [0.05, 0.1) is 16.8 Å². The van der Waals surface area contributed by atoms with Crippen LogP contribution in [0.5, 0.6) is 0 Å². The van der Waals surface area contributed by atoms with Crippen molar-refractivity contribution in [3.63, 3.8) is 0 Å². The van der Waals surface area contributed by atoms with Gasteiger partial charge in [0.2, 0.25) is 0 Å². The Morgan fingerprint density at radius 2 is 0.836 bits per heavy atom. The summed E-state index contributed by atoms with van der Waals surface area (Å²) in [5.74, 6) is 0. The summed E-state index contributed by atoms with van der Waals surface area (Å²) in [5, 5.41) is 6.52. The van der Waals surface area contributed by atoms with E-state index in [9.17, 15) is 0 Å². The normalized spacial score (nSPS) is 11.6. The molecule has 0 saturated heterocycles. The smallest absolute Gasteiger partial charge is 0.159 e. The number of para-hydroxylation sites is 2. The van der Waals surface area contributed by atoms with E-state index < -0.39 is 0 Å². The first-order valence-electron chi connectivity index (χ1n) is 18.7. The Bertz CT molecular complexity index is 3190. The summed E-state index contributed by atoms with van der Waals surface area (Å²) in [6, 6.07) is 70.8. The molecule has 3 nitrogen and oxygen atoms in total. The Hall–Kier alpha value is -7.36. The van der Waals surface area contributed by atoms with Gasteiger partial charge in [0, 0.05) is 27.2 Å². The van der Waals surface area contributed by atoms with Gasteiger partial charge in [-0.3, -0.25) is 0 Å². The first kappa shape index (κ1) is 31.2. The van der Waals surface area contributed by atoms with Gasteiger partial charge in [-0.1, -0.05) is 158 Å². The van der Waals surface area contributed by atoms with Crippen molar-refractivity contribution in [2.75, 3.05) is 4.90 Å². The summed E-state index contributed by atoms with van der Waals surface area (Å²) in [4.78, 5) is 2.35. The van der Waals surface area contributed by atoms with Crippen LogP contribution < -0.4 is 4.90 Å². The minimum absolute atomic E-state index is 0.829. The number of furan rings is 2. The standard InChI is InChI=1S/C52H33NO2/c1-3-14-34(15-4-1)36-28-30-37(31-29-36)44-33-45-50-46(24-13-27-49(50)55-51(45)42-22-8-7-20-40(42)44)53(39-19-11-18-38(32-39)35-16-5-2-6-17-35)47-25-12-23-43-41-21-9-10-26-48(41)54-52(43)47/h1-33H. The van der Waals surface area contributed by atoms with Crippen molar-refractivity contribution < 1.29 is 8.83 Å². The Balaban J connectivity index is 1.19. The van der Waals surface area contributed by atoms with E-state index in [1.165, 1.54) is 11.1 Å². The fraction of sp³-hybridized carbons (Fsp3) is 0. The molecule has 9 aromatic carbocycles. The summed E-state index contributed by atoms with van der Waals surface area (Å²) < 4.78 is 13.6. The van der Waals surface area contributed by atoms with Gasteiger partial charge in [-0.2, -0.15) is 0 Å². The zero-order valence-corrected chi connectivity index (χ0v) is 29.8. The lowest BCUT2D eigenvalue weighted by atomic mass is 9.93. The zero-order valence-electron chi connectivity index (χ0n) is 29.8. The lowest BCUT2D eigenvalue weighted by molar-refractivity contribution is 0.669. The molecule has 2 aromatic heterocycles. The SMILES string of the molecule is c1ccc(-c2ccc(-c3cc4c(oc5cccc(N(c6cccc(-c7ccccc7)c6)c6cccc7c6oc6ccccc67)c54)c4ccccc34)cc2)cc1. The number of hydrogen-bond donors (Lipinski definition) is 0. The number of fused-ring (bicyclic) bond motifs is 8. The molecule has 0 saturated carbocycles. The maximum Gasteiger partial charge on any atom is 0.159 e. The monoisotopic (exact) mass is 703 g/mol. The highest BCUT2D eigenvalue weighted by molar-refractivity contribution is 6.23. The highest BCUT2D eigenvalue weighted by Gasteiger charge is 2.24. The van der Waals surface area contributed by atoms with Crippen LogP contribution in [-0.4, -0.2) is 0 Å². The highest BCUT2D eigenvalue weighted by Crippen LogP contribution is 2.48. The molecule has 0 aliphatic carbocycles. The van der Waals surface area contributed by atoms with Crippen LogP contribution in [0, 0.1) is 0 Å². The molecule has 3 heteroatoms. The molecular weight excluding hydrogens is 671 g/mol. The van der Waals surface area contributed by atoms with Crippen LogP contribution >= 0.6 is 0 Å². The van der Waals surface area contributed by atoms with Crippen LogP contribution in [0.1, 0.15) is 0 Å². The summed E-state index contributed by atoms with van der Waals surface area (Å²) in [7, 11) is 0. The van der Waals surface area contributed by atoms with Gasteiger partial charge in [-0.15, -0.1) is 0 Å². The average molecular weight is 704 g/mol. The van der Waals surface area contributed by atoms with E-state index in [4.69, 9.17) is 8.83 Å². The third kappa shape index (κ3) is 5.13. The molecule has 258 valence electrons. The zero-order chi connectivity index (χ0) is 36.3. The van der Waals surface area contributed by atoms with Gasteiger partial charge < -0.3 is 13.7 Å². The van der Waals surface area contributed by atoms with Gasteiger partial charge >= 0.3 is 0 Å². The fourth-order valence-corrected chi connectivity index (χ4v) is 8.30. The molecule has 0 amide bonds. The first-order chi connectivity index (χ1) is 27.3. The van der Waals surface area contributed by atoms with Gasteiger partial charge in [-0.25, -0.2) is 0 Å². The number of hydrogen-bond acceptors (Lipinski definition) is 3. The summed E-state index contributed by atoms with van der Waals surface area (Å²) in [5.41, 5.74) is 13.4. The molecule has 55 heavy (non-hydrogen) atoms. The van der Waals surface area contributed by atoms with Crippen LogP contribution in [0.2, 0.25) is 0 Å². The number of benzene rings is 9. The molecule has 2 heterocycles. The Labute approximate surface area is 317 Å². The second-order valence-electron chi connectivity index (χ2n) is 14.0. The second-order valence-corrected chi connectivity index (χ2v) is 14.0. The number of rotatable bonds is 6. The molecule has 0 aliphatic heterocycles. The quantitative estimate of drug-likeness (QED) is 0.173. The van der Waals surface area contributed by atoms with E-state index in [2.05, 4.69) is 193 Å². The molecule has 0 aliphatic rings. The van der Waals surface area contributed by atoms with Crippen LogP contribution in [0.25, 0.3) is 88.0 Å². The van der Waals surface area contributed by atoms with Crippen molar-refractivity contribution in [2.24, 2.45) is 0 Å². The molecular formula is C52H33NO2. The van der Waals surface area contributed by atoms with Crippen molar-refractivity contribution in [1.29, 1.82) is 0 Å². The average Bonchev–Trinajstić information content (AvgIpc) is 3.84. The molecule has 11 aromatic rings. The van der Waals surface area contributed by atoms with Crippen LogP contribution in [0.4, 0.5) is 17.1 Å². The molecule has 0 N–H and O–H groups in total. The van der Waals surface area contributed by atoms with Gasteiger partial charge in [0.1, 0.15) is 16.7 Å². The van der Waals surface area contributed by atoms with Gasteiger partial charge in [0.15, 0.2) is 5.58 Å². The maximum absolute atomic E-state index is 6.87. The van der Waals surface area contributed by atoms with Gasteiger partial charge in [0.25, 0.3) is 0 Å². The Morgan fingerprint density at radius 3 is 1.64 bits per heavy atom. The summed E-state index contributed by atoms with van der Waals surface area (Å²) in [6.07, 6.45) is 0. The molecule has 11 rings (SSSR count). The third-order valence-corrected chi connectivity index (χ3v) is 10.9. The van der Waals surface area contributed by atoms with Gasteiger partial charge in [-0.05, 0) is 81.2 Å². The molecule has 0 unspecified atom stereocenters. The highest BCUT2D eigenvalue weighted by atomic mass is 16.3. The van der Waals surface area contributed by atoms with E-state index >= 15 is 0 Å². The van der Waals surface area contributed by atoms with Crippen molar-refractivity contribution in [2.45, 2.75) is 0 Å². The molecule has 0 atom stereocenters. The first-order valence-corrected chi connectivity index (χ1v) is 18.7. The van der Waals surface area contributed by atoms with E-state index in [0.717, 1.165) is 94.0 Å². The predicted molar refractivity (Wildman–Crippen MR) is 229 cm³/mol. The molecule has 0 bridgehead atoms. The minimum atomic E-state index is 0.829. The summed E-state index contributed by atoms with van der Waals surface area (Å²) >= 11 is 0. The van der Waals surface area contributed by atoms with E-state index in [-0.39, 0.29) is 0 Å². The van der Waals surface area contributed by atoms with E-state index in [1.54, 1.807) is 0 Å². The summed E-state index contributed by atoms with van der Waals surface area (Å²) in [6.45, 7) is 0. The second kappa shape index (κ2) is 12.6. The molecule has 0 spiro atoms. The Morgan fingerprint density at radius 1 is 0.309 bits per heavy atom. The van der Waals surface area contributed by atoms with Crippen LogP contribution in [0.15, 0.2) is 209 Å². The maximum atomic E-state index is 6.87. The largest absolute Gasteiger partial charge is 0.455 e. The van der Waals surface area contributed by atoms with Crippen molar-refractivity contribution in [3.05, 3.63) is 200 Å². The van der Waals surface area contributed by atoms with Crippen molar-refractivity contribution >= 4 is 71.7 Å². The molecule has 0 fully saturated rings.